The Morgan fingerprint density at radius 3 is 2.72 bits per heavy atom. The lowest BCUT2D eigenvalue weighted by atomic mass is 10.2. The number of urea groups is 1. The topological polar surface area (TPSA) is 93.2 Å². The minimum absolute atomic E-state index is 0.166. The molecule has 2 rings (SSSR count). The van der Waals surface area contributed by atoms with E-state index >= 15 is 0 Å². The SMILES string of the molecule is CSCCC(NC(N)=O)C(=O)N(C)Cc1cnn(-c2ccccc2)c1. The molecule has 0 saturated heterocycles. The quantitative estimate of drug-likeness (QED) is 0.747. The van der Waals surface area contributed by atoms with Crippen LogP contribution in [0.25, 0.3) is 5.69 Å². The van der Waals surface area contributed by atoms with Gasteiger partial charge in [-0.1, -0.05) is 18.2 Å². The summed E-state index contributed by atoms with van der Waals surface area (Å²) in [7, 11) is 1.71. The summed E-state index contributed by atoms with van der Waals surface area (Å²) in [6.07, 6.45) is 6.11. The minimum Gasteiger partial charge on any atom is -0.352 e. The van der Waals surface area contributed by atoms with Crippen molar-refractivity contribution in [2.75, 3.05) is 19.1 Å². The molecule has 0 radical (unpaired) electrons. The first kappa shape index (κ1) is 18.9. The molecule has 1 aromatic heterocycles. The molecular formula is C17H23N5O2S. The van der Waals surface area contributed by atoms with Gasteiger partial charge in [0, 0.05) is 25.4 Å². The van der Waals surface area contributed by atoms with Gasteiger partial charge in [-0.25, -0.2) is 9.48 Å². The molecule has 25 heavy (non-hydrogen) atoms. The highest BCUT2D eigenvalue weighted by atomic mass is 32.2. The van der Waals surface area contributed by atoms with E-state index in [0.29, 0.717) is 13.0 Å². The van der Waals surface area contributed by atoms with Gasteiger partial charge in [0.1, 0.15) is 6.04 Å². The van der Waals surface area contributed by atoms with Crippen molar-refractivity contribution in [3.05, 3.63) is 48.3 Å². The number of carbonyl (C=O) groups is 2. The molecule has 0 aliphatic heterocycles. The smallest absolute Gasteiger partial charge is 0.312 e. The number of primary amides is 1. The molecule has 1 aromatic carbocycles. The number of para-hydroxylation sites is 1. The summed E-state index contributed by atoms with van der Waals surface area (Å²) in [4.78, 5) is 25.3. The number of nitrogens with two attached hydrogens (primary N) is 1. The van der Waals surface area contributed by atoms with E-state index in [1.807, 2.05) is 42.8 Å². The lowest BCUT2D eigenvalue weighted by molar-refractivity contribution is -0.132. The summed E-state index contributed by atoms with van der Waals surface area (Å²) in [5, 5.41) is 6.85. The van der Waals surface area contributed by atoms with Gasteiger partial charge in [-0.3, -0.25) is 4.79 Å². The predicted molar refractivity (Wildman–Crippen MR) is 99.5 cm³/mol. The Labute approximate surface area is 151 Å². The highest BCUT2D eigenvalue weighted by Gasteiger charge is 2.23. The highest BCUT2D eigenvalue weighted by molar-refractivity contribution is 7.98. The molecular weight excluding hydrogens is 338 g/mol. The predicted octanol–water partition coefficient (Wildman–Crippen LogP) is 1.62. The van der Waals surface area contributed by atoms with Crippen LogP contribution in [0.3, 0.4) is 0 Å². The van der Waals surface area contributed by atoms with E-state index in [1.165, 1.54) is 0 Å². The van der Waals surface area contributed by atoms with Crippen LogP contribution in [0.15, 0.2) is 42.7 Å². The summed E-state index contributed by atoms with van der Waals surface area (Å²) in [6, 6.07) is 8.45. The number of likely N-dealkylation sites (N-methyl/N-ethyl adjacent to an activating group) is 1. The third kappa shape index (κ3) is 5.53. The standard InChI is InChI=1S/C17H23N5O2S/c1-21(16(23)15(8-9-25-2)20-17(18)24)11-13-10-19-22(12-13)14-6-4-3-5-7-14/h3-7,10,12,15H,8-9,11H2,1-2H3,(H3,18,20,24). The molecule has 3 N–H and O–H groups in total. The van der Waals surface area contributed by atoms with E-state index in [2.05, 4.69) is 10.4 Å². The second-order valence-corrected chi connectivity index (χ2v) is 6.65. The maximum Gasteiger partial charge on any atom is 0.312 e. The average molecular weight is 361 g/mol. The van der Waals surface area contributed by atoms with Gasteiger partial charge < -0.3 is 16.0 Å². The van der Waals surface area contributed by atoms with Crippen molar-refractivity contribution in [1.29, 1.82) is 0 Å². The largest absolute Gasteiger partial charge is 0.352 e. The maximum atomic E-state index is 12.6. The van der Waals surface area contributed by atoms with E-state index in [0.717, 1.165) is 17.0 Å². The highest BCUT2D eigenvalue weighted by Crippen LogP contribution is 2.11. The zero-order valence-electron chi connectivity index (χ0n) is 14.4. The van der Waals surface area contributed by atoms with Crippen molar-refractivity contribution in [2.24, 2.45) is 5.73 Å². The normalized spacial score (nSPS) is 11.8. The number of rotatable bonds is 8. The fraction of sp³-hybridized carbons (Fsp3) is 0.353. The molecule has 1 atom stereocenters. The molecule has 3 amide bonds. The van der Waals surface area contributed by atoms with Gasteiger partial charge in [-0.2, -0.15) is 16.9 Å². The van der Waals surface area contributed by atoms with E-state index in [-0.39, 0.29) is 5.91 Å². The monoisotopic (exact) mass is 361 g/mol. The van der Waals surface area contributed by atoms with Crippen LogP contribution in [-0.4, -0.2) is 51.7 Å². The molecule has 7 nitrogen and oxygen atoms in total. The number of benzene rings is 1. The Hall–Kier alpha value is -2.48. The van der Waals surface area contributed by atoms with Gasteiger partial charge in [0.15, 0.2) is 0 Å². The van der Waals surface area contributed by atoms with Crippen LogP contribution in [-0.2, 0) is 11.3 Å². The molecule has 0 spiro atoms. The number of nitrogens with zero attached hydrogens (tertiary/aromatic N) is 3. The third-order valence-electron chi connectivity index (χ3n) is 3.68. The average Bonchev–Trinajstić information content (AvgIpc) is 3.07. The van der Waals surface area contributed by atoms with Crippen molar-refractivity contribution >= 4 is 23.7 Å². The second-order valence-electron chi connectivity index (χ2n) is 5.67. The van der Waals surface area contributed by atoms with E-state index in [9.17, 15) is 9.59 Å². The first-order chi connectivity index (χ1) is 12.0. The second kappa shape index (κ2) is 9.12. The summed E-state index contributed by atoms with van der Waals surface area (Å²) >= 11 is 1.61. The molecule has 0 aliphatic rings. The van der Waals surface area contributed by atoms with Crippen LogP contribution in [0.1, 0.15) is 12.0 Å². The number of amides is 3. The maximum absolute atomic E-state index is 12.6. The van der Waals surface area contributed by atoms with Gasteiger partial charge in [0.25, 0.3) is 0 Å². The summed E-state index contributed by atoms with van der Waals surface area (Å²) in [5.41, 5.74) is 7.04. The zero-order chi connectivity index (χ0) is 18.2. The molecule has 0 aliphatic carbocycles. The lowest BCUT2D eigenvalue weighted by Crippen LogP contribution is -2.49. The van der Waals surface area contributed by atoms with Gasteiger partial charge >= 0.3 is 6.03 Å². The third-order valence-corrected chi connectivity index (χ3v) is 4.32. The van der Waals surface area contributed by atoms with Crippen LogP contribution < -0.4 is 11.1 Å². The number of nitrogens with one attached hydrogen (secondary N) is 1. The summed E-state index contributed by atoms with van der Waals surface area (Å²) in [6.45, 7) is 0.405. The molecule has 134 valence electrons. The van der Waals surface area contributed by atoms with E-state index < -0.39 is 12.1 Å². The number of aromatic nitrogens is 2. The first-order valence-corrected chi connectivity index (χ1v) is 9.29. The van der Waals surface area contributed by atoms with Crippen molar-refractivity contribution in [3.63, 3.8) is 0 Å². The molecule has 1 unspecified atom stereocenters. The Morgan fingerprint density at radius 1 is 1.36 bits per heavy atom. The molecule has 2 aromatic rings. The Kier molecular flexibility index (Phi) is 6.88. The van der Waals surface area contributed by atoms with Crippen LogP contribution in [0.4, 0.5) is 4.79 Å². The molecule has 1 heterocycles. The van der Waals surface area contributed by atoms with Crippen molar-refractivity contribution in [1.82, 2.24) is 20.0 Å². The first-order valence-electron chi connectivity index (χ1n) is 7.90. The van der Waals surface area contributed by atoms with Crippen LogP contribution >= 0.6 is 11.8 Å². The zero-order valence-corrected chi connectivity index (χ0v) is 15.2. The van der Waals surface area contributed by atoms with Crippen LogP contribution in [0.5, 0.6) is 0 Å². The Balaban J connectivity index is 2.02. The van der Waals surface area contributed by atoms with Crippen LogP contribution in [0.2, 0.25) is 0 Å². The lowest BCUT2D eigenvalue weighted by Gasteiger charge is -2.23. The fourth-order valence-corrected chi connectivity index (χ4v) is 2.92. The Morgan fingerprint density at radius 2 is 2.08 bits per heavy atom. The van der Waals surface area contributed by atoms with E-state index in [4.69, 9.17) is 5.73 Å². The number of thioether (sulfide) groups is 1. The minimum atomic E-state index is -0.690. The van der Waals surface area contributed by atoms with Gasteiger partial charge in [-0.15, -0.1) is 0 Å². The van der Waals surface area contributed by atoms with Gasteiger partial charge in [0.2, 0.25) is 5.91 Å². The number of hydrogen-bond acceptors (Lipinski definition) is 4. The van der Waals surface area contributed by atoms with Crippen molar-refractivity contribution < 1.29 is 9.59 Å². The molecule has 0 fully saturated rings. The molecule has 0 saturated carbocycles. The van der Waals surface area contributed by atoms with Gasteiger partial charge in [0.05, 0.1) is 11.9 Å². The Bertz CT molecular complexity index is 704. The van der Waals surface area contributed by atoms with Crippen molar-refractivity contribution in [2.45, 2.75) is 19.0 Å². The van der Waals surface area contributed by atoms with Crippen molar-refractivity contribution in [3.8, 4) is 5.69 Å². The van der Waals surface area contributed by atoms with E-state index in [1.54, 1.807) is 34.6 Å². The van der Waals surface area contributed by atoms with Gasteiger partial charge in [-0.05, 0) is 30.6 Å². The summed E-state index contributed by atoms with van der Waals surface area (Å²) < 4.78 is 1.76. The van der Waals surface area contributed by atoms with Crippen LogP contribution in [0, 0.1) is 0 Å². The number of carbonyl (C=O) groups excluding carboxylic acids is 2. The molecule has 8 heteroatoms. The summed E-state index contributed by atoms with van der Waals surface area (Å²) in [5.74, 6) is 0.594. The fourth-order valence-electron chi connectivity index (χ4n) is 2.45. The molecule has 0 bridgehead atoms. The number of hydrogen-bond donors (Lipinski definition) is 2.